The van der Waals surface area contributed by atoms with Crippen molar-refractivity contribution in [2.45, 2.75) is 57.9 Å². The first-order chi connectivity index (χ1) is 9.22. The molecule has 1 heterocycles. The molecule has 2 rings (SSSR count). The molecule has 108 valence electrons. The summed E-state index contributed by atoms with van der Waals surface area (Å²) in [7, 11) is 2.04. The second kappa shape index (κ2) is 7.44. The molecule has 1 aromatic heterocycles. The number of hydrogen-bond acceptors (Lipinski definition) is 2. The first-order valence-corrected chi connectivity index (χ1v) is 8.42. The summed E-state index contributed by atoms with van der Waals surface area (Å²) in [6, 6.07) is 0.426. The zero-order chi connectivity index (χ0) is 13.7. The molecule has 0 saturated heterocycles. The Balaban J connectivity index is 2.07. The van der Waals surface area contributed by atoms with Crippen molar-refractivity contribution in [2.24, 2.45) is 13.0 Å². The fourth-order valence-electron chi connectivity index (χ4n) is 3.28. The molecule has 1 aromatic rings. The van der Waals surface area contributed by atoms with E-state index in [1.54, 1.807) is 0 Å². The molecule has 0 aliphatic heterocycles. The third-order valence-electron chi connectivity index (χ3n) is 4.26. The number of rotatable bonds is 5. The van der Waals surface area contributed by atoms with Crippen molar-refractivity contribution in [3.63, 3.8) is 0 Å². The maximum absolute atomic E-state index is 4.36. The van der Waals surface area contributed by atoms with Crippen LogP contribution in [0.2, 0.25) is 0 Å². The van der Waals surface area contributed by atoms with Gasteiger partial charge in [0.05, 0.1) is 22.4 Å². The van der Waals surface area contributed by atoms with Crippen LogP contribution >= 0.6 is 15.9 Å². The van der Waals surface area contributed by atoms with Crippen LogP contribution in [0.1, 0.15) is 63.6 Å². The Kier molecular flexibility index (Phi) is 5.89. The summed E-state index contributed by atoms with van der Waals surface area (Å²) >= 11 is 3.64. The summed E-state index contributed by atoms with van der Waals surface area (Å²) in [5.74, 6) is 0.869. The summed E-state index contributed by atoms with van der Waals surface area (Å²) < 4.78 is 3.14. The maximum atomic E-state index is 4.36. The molecule has 0 aromatic carbocycles. The smallest absolute Gasteiger partial charge is 0.0692 e. The van der Waals surface area contributed by atoms with Crippen molar-refractivity contribution in [2.75, 3.05) is 6.54 Å². The molecule has 4 heteroatoms. The number of halogens is 1. The minimum absolute atomic E-state index is 0.426. The van der Waals surface area contributed by atoms with Crippen LogP contribution < -0.4 is 5.32 Å². The lowest BCUT2D eigenvalue weighted by Gasteiger charge is -2.24. The van der Waals surface area contributed by atoms with E-state index >= 15 is 0 Å². The minimum Gasteiger partial charge on any atom is -0.309 e. The highest BCUT2D eigenvalue weighted by molar-refractivity contribution is 9.10. The molecule has 0 bridgehead atoms. The van der Waals surface area contributed by atoms with Crippen molar-refractivity contribution in [3.05, 3.63) is 16.4 Å². The number of hydrogen-bond donors (Lipinski definition) is 1. The summed E-state index contributed by atoms with van der Waals surface area (Å²) in [5.41, 5.74) is 1.30. The largest absolute Gasteiger partial charge is 0.309 e. The summed E-state index contributed by atoms with van der Waals surface area (Å²) in [4.78, 5) is 0. The molecule has 1 atom stereocenters. The van der Waals surface area contributed by atoms with Crippen LogP contribution in [0.25, 0.3) is 0 Å². The molecule has 1 aliphatic rings. The van der Waals surface area contributed by atoms with Gasteiger partial charge < -0.3 is 5.32 Å². The van der Waals surface area contributed by atoms with Crippen LogP contribution in [0.5, 0.6) is 0 Å². The van der Waals surface area contributed by atoms with Gasteiger partial charge in [-0.15, -0.1) is 0 Å². The lowest BCUT2D eigenvalue weighted by molar-refractivity contribution is 0.348. The number of aromatic nitrogens is 2. The molecular weight excluding hydrogens is 302 g/mol. The SMILES string of the molecule is CCNC(CC1CCCCCC1)c1c(Br)cnn1C. The second-order valence-corrected chi connectivity index (χ2v) is 6.56. The highest BCUT2D eigenvalue weighted by Gasteiger charge is 2.23. The van der Waals surface area contributed by atoms with Gasteiger partial charge in [-0.2, -0.15) is 5.10 Å². The van der Waals surface area contributed by atoms with E-state index in [9.17, 15) is 0 Å². The van der Waals surface area contributed by atoms with Crippen LogP contribution in [0.4, 0.5) is 0 Å². The van der Waals surface area contributed by atoms with Crippen molar-refractivity contribution in [1.29, 1.82) is 0 Å². The topological polar surface area (TPSA) is 29.9 Å². The van der Waals surface area contributed by atoms with Gasteiger partial charge in [0.15, 0.2) is 0 Å². The van der Waals surface area contributed by atoms with Gasteiger partial charge >= 0.3 is 0 Å². The Hall–Kier alpha value is -0.350. The van der Waals surface area contributed by atoms with Gasteiger partial charge in [0.25, 0.3) is 0 Å². The van der Waals surface area contributed by atoms with Crippen molar-refractivity contribution >= 4 is 15.9 Å². The standard InChI is InChI=1S/C15H26BrN3/c1-3-17-14(15-13(16)11-18-19(15)2)10-12-8-6-4-5-7-9-12/h11-12,14,17H,3-10H2,1-2H3. The molecule has 1 saturated carbocycles. The van der Waals surface area contributed by atoms with Crippen molar-refractivity contribution < 1.29 is 0 Å². The maximum Gasteiger partial charge on any atom is 0.0692 e. The first kappa shape index (κ1) is 15.0. The summed E-state index contributed by atoms with van der Waals surface area (Å²) in [6.45, 7) is 3.19. The van der Waals surface area contributed by atoms with Gasteiger partial charge in [0, 0.05) is 7.05 Å². The molecule has 0 radical (unpaired) electrons. The van der Waals surface area contributed by atoms with Gasteiger partial charge in [-0.25, -0.2) is 0 Å². The zero-order valence-corrected chi connectivity index (χ0v) is 13.7. The fraction of sp³-hybridized carbons (Fsp3) is 0.800. The van der Waals surface area contributed by atoms with Crippen molar-refractivity contribution in [3.8, 4) is 0 Å². The normalized spacial score (nSPS) is 19.3. The molecule has 1 fully saturated rings. The van der Waals surface area contributed by atoms with E-state index in [2.05, 4.69) is 33.3 Å². The number of nitrogens with zero attached hydrogens (tertiary/aromatic N) is 2. The Bertz CT molecular complexity index is 361. The van der Waals surface area contributed by atoms with E-state index in [4.69, 9.17) is 0 Å². The lowest BCUT2D eigenvalue weighted by atomic mass is 9.91. The predicted octanol–water partition coefficient (Wildman–Crippen LogP) is 4.19. The molecule has 0 amide bonds. The number of aryl methyl sites for hydroxylation is 1. The highest BCUT2D eigenvalue weighted by Crippen LogP contribution is 2.33. The predicted molar refractivity (Wildman–Crippen MR) is 83.1 cm³/mol. The van der Waals surface area contributed by atoms with E-state index in [0.29, 0.717) is 6.04 Å². The van der Waals surface area contributed by atoms with E-state index < -0.39 is 0 Å². The average Bonchev–Trinajstić information content (AvgIpc) is 2.60. The van der Waals surface area contributed by atoms with E-state index in [0.717, 1.165) is 16.9 Å². The van der Waals surface area contributed by atoms with Crippen LogP contribution in [0.3, 0.4) is 0 Å². The third-order valence-corrected chi connectivity index (χ3v) is 4.87. The molecule has 19 heavy (non-hydrogen) atoms. The zero-order valence-electron chi connectivity index (χ0n) is 12.2. The third kappa shape index (κ3) is 4.06. The van der Waals surface area contributed by atoms with Crippen LogP contribution in [-0.2, 0) is 7.05 Å². The van der Waals surface area contributed by atoms with E-state index in [1.165, 1.54) is 50.6 Å². The Morgan fingerprint density at radius 1 is 1.37 bits per heavy atom. The fourth-order valence-corrected chi connectivity index (χ4v) is 3.91. The van der Waals surface area contributed by atoms with Gasteiger partial charge in [0.2, 0.25) is 0 Å². The monoisotopic (exact) mass is 327 g/mol. The molecule has 1 aliphatic carbocycles. The average molecular weight is 328 g/mol. The summed E-state index contributed by atoms with van der Waals surface area (Å²) in [5, 5.41) is 8.00. The molecular formula is C15H26BrN3. The van der Waals surface area contributed by atoms with Crippen LogP contribution in [-0.4, -0.2) is 16.3 Å². The van der Waals surface area contributed by atoms with Gasteiger partial charge in [-0.3, -0.25) is 4.68 Å². The van der Waals surface area contributed by atoms with E-state index in [-0.39, 0.29) is 0 Å². The Labute approximate surface area is 125 Å². The van der Waals surface area contributed by atoms with Crippen LogP contribution in [0.15, 0.2) is 10.7 Å². The molecule has 3 nitrogen and oxygen atoms in total. The van der Waals surface area contributed by atoms with Crippen molar-refractivity contribution in [1.82, 2.24) is 15.1 Å². The summed E-state index contributed by atoms with van der Waals surface area (Å²) in [6.07, 6.45) is 11.6. The highest BCUT2D eigenvalue weighted by atomic mass is 79.9. The van der Waals surface area contributed by atoms with Gasteiger partial charge in [-0.05, 0) is 34.8 Å². The Morgan fingerprint density at radius 2 is 2.05 bits per heavy atom. The second-order valence-electron chi connectivity index (χ2n) is 5.70. The molecule has 1 N–H and O–H groups in total. The lowest BCUT2D eigenvalue weighted by Crippen LogP contribution is -2.26. The first-order valence-electron chi connectivity index (χ1n) is 7.63. The quantitative estimate of drug-likeness (QED) is 0.821. The van der Waals surface area contributed by atoms with Gasteiger partial charge in [-0.1, -0.05) is 45.4 Å². The Morgan fingerprint density at radius 3 is 2.58 bits per heavy atom. The number of nitrogens with one attached hydrogen (secondary N) is 1. The van der Waals surface area contributed by atoms with Gasteiger partial charge in [0.1, 0.15) is 0 Å². The van der Waals surface area contributed by atoms with E-state index in [1.807, 2.05) is 17.9 Å². The van der Waals surface area contributed by atoms with Crippen LogP contribution in [0, 0.1) is 5.92 Å². The minimum atomic E-state index is 0.426. The molecule has 1 unspecified atom stereocenters. The molecule has 0 spiro atoms.